The van der Waals surface area contributed by atoms with Crippen molar-refractivity contribution >= 4 is 23.3 Å². The highest BCUT2D eigenvalue weighted by atomic mass is 16.5. The van der Waals surface area contributed by atoms with Crippen molar-refractivity contribution in [2.75, 3.05) is 51.1 Å². The van der Waals surface area contributed by atoms with Gasteiger partial charge in [0.05, 0.1) is 37.5 Å². The molecule has 0 aliphatic carbocycles. The standard InChI is InChI=1S/C36H51N5O7/c1-23-19-41(24(2)22-42)35(43)31-18-29(37-36(44)38-34-26(4)39-48-27(34)5)13-16-32(31)47-25(3)10-8-9-17-46-33(23)21-40(6)20-28-11-14-30(45-7)15-12-28/h11-16,18,23-25,33,42H,8-10,17,19-22H2,1-7H3,(H2,37,38,44)/t23-,24+,25-,33+/m0/s1. The van der Waals surface area contributed by atoms with Crippen LogP contribution in [0, 0.1) is 19.8 Å². The highest BCUT2D eigenvalue weighted by Crippen LogP contribution is 2.29. The summed E-state index contributed by atoms with van der Waals surface area (Å²) in [6.07, 6.45) is 2.25. The minimum atomic E-state index is -0.500. The van der Waals surface area contributed by atoms with Crippen LogP contribution in [0.15, 0.2) is 47.0 Å². The number of nitrogens with one attached hydrogen (secondary N) is 2. The Morgan fingerprint density at radius 2 is 1.90 bits per heavy atom. The number of ether oxygens (including phenoxy) is 3. The number of methoxy groups -OCH3 is 1. The second-order valence-corrected chi connectivity index (χ2v) is 12.8. The highest BCUT2D eigenvalue weighted by Gasteiger charge is 2.30. The topological polar surface area (TPSA) is 139 Å². The molecule has 3 N–H and O–H groups in total. The number of benzene rings is 2. The third kappa shape index (κ3) is 9.94. The molecule has 0 saturated heterocycles. The number of anilines is 2. The molecule has 0 unspecified atom stereocenters. The number of aromatic nitrogens is 1. The van der Waals surface area contributed by atoms with E-state index in [0.29, 0.717) is 53.8 Å². The van der Waals surface area contributed by atoms with Crippen molar-refractivity contribution in [3.05, 3.63) is 65.0 Å². The van der Waals surface area contributed by atoms with Gasteiger partial charge in [-0.3, -0.25) is 9.69 Å². The SMILES string of the molecule is COc1ccc(CN(C)C[C@H]2OCCCC[C@H](C)Oc3ccc(NC(=O)Nc4c(C)noc4C)cc3C(=O)N([C@H](C)CO)C[C@@H]2C)cc1. The number of fused-ring (bicyclic) bond motifs is 1. The van der Waals surface area contributed by atoms with Gasteiger partial charge in [0, 0.05) is 37.8 Å². The number of aliphatic hydroxyl groups excluding tert-OH is 1. The molecule has 48 heavy (non-hydrogen) atoms. The van der Waals surface area contributed by atoms with E-state index in [1.54, 1.807) is 44.1 Å². The summed E-state index contributed by atoms with van der Waals surface area (Å²) in [5, 5.41) is 19.7. The molecule has 262 valence electrons. The normalized spacial score (nSPS) is 20.0. The first-order chi connectivity index (χ1) is 23.0. The molecule has 2 aromatic carbocycles. The summed E-state index contributed by atoms with van der Waals surface area (Å²) in [6.45, 7) is 11.5. The van der Waals surface area contributed by atoms with Crippen LogP contribution >= 0.6 is 0 Å². The molecule has 0 radical (unpaired) electrons. The number of hydrogen-bond acceptors (Lipinski definition) is 9. The lowest BCUT2D eigenvalue weighted by Crippen LogP contribution is -2.47. The fraction of sp³-hybridized carbons (Fsp3) is 0.528. The van der Waals surface area contributed by atoms with Gasteiger partial charge >= 0.3 is 6.03 Å². The molecule has 12 heteroatoms. The minimum absolute atomic E-state index is 0.0605. The molecule has 1 aliphatic rings. The number of hydrogen-bond donors (Lipinski definition) is 3. The Labute approximate surface area is 283 Å². The number of urea groups is 1. The molecule has 4 atom stereocenters. The summed E-state index contributed by atoms with van der Waals surface area (Å²) < 4.78 is 23.3. The summed E-state index contributed by atoms with van der Waals surface area (Å²) in [5.74, 6) is 1.37. The summed E-state index contributed by atoms with van der Waals surface area (Å²) in [6, 6.07) is 12.1. The Kier molecular flexibility index (Phi) is 13.2. The largest absolute Gasteiger partial charge is 0.497 e. The number of aliphatic hydroxyl groups is 1. The Morgan fingerprint density at radius 1 is 1.15 bits per heavy atom. The second kappa shape index (κ2) is 17.3. The number of carbonyl (C=O) groups excluding carboxylic acids is 2. The van der Waals surface area contributed by atoms with E-state index in [-0.39, 0.29) is 30.6 Å². The summed E-state index contributed by atoms with van der Waals surface area (Å²) in [4.78, 5) is 31.2. The first kappa shape index (κ1) is 36.7. The predicted molar refractivity (Wildman–Crippen MR) is 185 cm³/mol. The Balaban J connectivity index is 1.58. The van der Waals surface area contributed by atoms with E-state index in [2.05, 4.69) is 46.8 Å². The summed E-state index contributed by atoms with van der Waals surface area (Å²) >= 11 is 0. The summed E-state index contributed by atoms with van der Waals surface area (Å²) in [5.41, 5.74) is 2.92. The van der Waals surface area contributed by atoms with Gasteiger partial charge in [-0.25, -0.2) is 4.79 Å². The third-order valence-corrected chi connectivity index (χ3v) is 8.68. The van der Waals surface area contributed by atoms with Gasteiger partial charge in [-0.1, -0.05) is 24.2 Å². The molecule has 0 spiro atoms. The predicted octanol–water partition coefficient (Wildman–Crippen LogP) is 5.87. The fourth-order valence-corrected chi connectivity index (χ4v) is 5.81. The van der Waals surface area contributed by atoms with Crippen molar-refractivity contribution in [2.45, 2.75) is 78.7 Å². The van der Waals surface area contributed by atoms with Crippen LogP contribution in [0.4, 0.5) is 16.2 Å². The lowest BCUT2D eigenvalue weighted by molar-refractivity contribution is -0.0177. The van der Waals surface area contributed by atoms with Crippen LogP contribution in [0.1, 0.15) is 67.4 Å². The Bertz CT molecular complexity index is 1470. The number of amides is 3. The smallest absolute Gasteiger partial charge is 0.323 e. The summed E-state index contributed by atoms with van der Waals surface area (Å²) in [7, 11) is 3.72. The number of carbonyl (C=O) groups is 2. The van der Waals surface area contributed by atoms with Crippen LogP contribution in [-0.2, 0) is 11.3 Å². The van der Waals surface area contributed by atoms with Crippen molar-refractivity contribution in [2.24, 2.45) is 5.92 Å². The zero-order chi connectivity index (χ0) is 34.8. The minimum Gasteiger partial charge on any atom is -0.497 e. The maximum absolute atomic E-state index is 14.4. The van der Waals surface area contributed by atoms with E-state index in [9.17, 15) is 14.7 Å². The first-order valence-electron chi connectivity index (χ1n) is 16.7. The molecule has 12 nitrogen and oxygen atoms in total. The first-order valence-corrected chi connectivity index (χ1v) is 16.7. The molecule has 3 aromatic rings. The maximum atomic E-state index is 14.4. The third-order valence-electron chi connectivity index (χ3n) is 8.68. The molecule has 0 fully saturated rings. The van der Waals surface area contributed by atoms with Crippen molar-refractivity contribution in [3.8, 4) is 11.5 Å². The number of aryl methyl sites for hydroxylation is 2. The lowest BCUT2D eigenvalue weighted by atomic mass is 10.0. The van der Waals surface area contributed by atoms with Crippen molar-refractivity contribution < 1.29 is 33.4 Å². The molecule has 0 bridgehead atoms. The van der Waals surface area contributed by atoms with Crippen LogP contribution in [0.25, 0.3) is 0 Å². The quantitative estimate of drug-likeness (QED) is 0.256. The molecular formula is C36H51N5O7. The van der Waals surface area contributed by atoms with E-state index in [1.165, 1.54) is 0 Å². The molecule has 4 rings (SSSR count). The van der Waals surface area contributed by atoms with Gasteiger partial charge in [0.1, 0.15) is 22.9 Å². The second-order valence-electron chi connectivity index (χ2n) is 12.8. The van der Waals surface area contributed by atoms with Crippen molar-refractivity contribution in [1.82, 2.24) is 15.0 Å². The Hall–Kier alpha value is -4.13. The monoisotopic (exact) mass is 665 g/mol. The van der Waals surface area contributed by atoms with Crippen LogP contribution in [0.3, 0.4) is 0 Å². The molecule has 2 heterocycles. The van der Waals surface area contributed by atoms with Gasteiger partial charge in [0.2, 0.25) is 0 Å². The average Bonchev–Trinajstić information content (AvgIpc) is 3.38. The van der Waals surface area contributed by atoms with E-state index >= 15 is 0 Å². The zero-order valence-corrected chi connectivity index (χ0v) is 29.2. The van der Waals surface area contributed by atoms with Gasteiger partial charge < -0.3 is 39.4 Å². The van der Waals surface area contributed by atoms with Crippen molar-refractivity contribution in [1.29, 1.82) is 0 Å². The van der Waals surface area contributed by atoms with Crippen LogP contribution in [0.2, 0.25) is 0 Å². The van der Waals surface area contributed by atoms with Gasteiger partial charge in [-0.05, 0) is 89.9 Å². The molecular weight excluding hydrogens is 614 g/mol. The number of likely N-dealkylation sites (N-methyl/N-ethyl adjacent to an activating group) is 1. The van der Waals surface area contributed by atoms with Crippen LogP contribution in [0.5, 0.6) is 11.5 Å². The molecule has 1 aliphatic heterocycles. The van der Waals surface area contributed by atoms with Crippen LogP contribution in [-0.4, -0.2) is 90.7 Å². The van der Waals surface area contributed by atoms with E-state index < -0.39 is 12.1 Å². The zero-order valence-electron chi connectivity index (χ0n) is 29.2. The average molecular weight is 666 g/mol. The number of rotatable bonds is 9. The van der Waals surface area contributed by atoms with Gasteiger partial charge in [0.15, 0.2) is 5.76 Å². The van der Waals surface area contributed by atoms with Gasteiger partial charge in [-0.2, -0.15) is 0 Å². The van der Waals surface area contributed by atoms with E-state index in [0.717, 1.165) is 37.1 Å². The molecule has 1 aromatic heterocycles. The number of nitrogens with zero attached hydrogens (tertiary/aromatic N) is 3. The molecule has 3 amide bonds. The Morgan fingerprint density at radius 3 is 2.56 bits per heavy atom. The highest BCUT2D eigenvalue weighted by molar-refractivity contribution is 6.03. The van der Waals surface area contributed by atoms with Gasteiger partial charge in [-0.15, -0.1) is 0 Å². The molecule has 0 saturated carbocycles. The van der Waals surface area contributed by atoms with Crippen molar-refractivity contribution in [3.63, 3.8) is 0 Å². The van der Waals surface area contributed by atoms with Crippen LogP contribution < -0.4 is 20.1 Å². The lowest BCUT2D eigenvalue weighted by Gasteiger charge is -2.36. The van der Waals surface area contributed by atoms with E-state index in [4.69, 9.17) is 18.7 Å². The fourth-order valence-electron chi connectivity index (χ4n) is 5.81. The maximum Gasteiger partial charge on any atom is 0.323 e. The van der Waals surface area contributed by atoms with Gasteiger partial charge in [0.25, 0.3) is 5.91 Å². The van der Waals surface area contributed by atoms with E-state index in [1.807, 2.05) is 26.0 Å².